The van der Waals surface area contributed by atoms with Gasteiger partial charge >= 0.3 is 0 Å². The summed E-state index contributed by atoms with van der Waals surface area (Å²) in [5.74, 6) is 0.782. The van der Waals surface area contributed by atoms with Crippen LogP contribution in [-0.4, -0.2) is 67.5 Å². The molecule has 0 bridgehead atoms. The highest BCUT2D eigenvalue weighted by Gasteiger charge is 2.18. The van der Waals surface area contributed by atoms with Gasteiger partial charge in [-0.15, -0.1) is 24.0 Å². The Morgan fingerprint density at radius 1 is 1.17 bits per heavy atom. The van der Waals surface area contributed by atoms with Crippen molar-refractivity contribution in [3.05, 3.63) is 47.2 Å². The van der Waals surface area contributed by atoms with Gasteiger partial charge in [0.1, 0.15) is 0 Å². The summed E-state index contributed by atoms with van der Waals surface area (Å²) in [5, 5.41) is 11.8. The molecule has 1 saturated heterocycles. The Kier molecular flexibility index (Phi) is 10.0. The zero-order valence-corrected chi connectivity index (χ0v) is 20.2. The van der Waals surface area contributed by atoms with Crippen LogP contribution < -0.4 is 15.5 Å². The van der Waals surface area contributed by atoms with Crippen LogP contribution in [-0.2, 0) is 13.1 Å². The van der Waals surface area contributed by atoms with Gasteiger partial charge in [-0.2, -0.15) is 5.10 Å². The largest absolute Gasteiger partial charge is 0.369 e. The molecule has 7 nitrogen and oxygen atoms in total. The number of hydrogen-bond acceptors (Lipinski definition) is 4. The molecular weight excluding hydrogens is 501 g/mol. The van der Waals surface area contributed by atoms with Gasteiger partial charge < -0.3 is 20.4 Å². The molecule has 2 aromatic rings. The van der Waals surface area contributed by atoms with Gasteiger partial charge in [0.2, 0.25) is 0 Å². The van der Waals surface area contributed by atoms with Gasteiger partial charge in [0.15, 0.2) is 5.96 Å². The molecule has 1 aliphatic rings. The van der Waals surface area contributed by atoms with Crippen LogP contribution in [0, 0.1) is 0 Å². The standard InChI is InChI=1S/C20H30ClN7.HI/c1-22-20(23-8-4-10-28-11-5-9-25-28)24-16-17-18(21)6-3-7-19(17)27-14-12-26(2)13-15-27;/h3,5-7,9,11H,4,8,10,12-16H2,1-2H3,(H2,22,23,24);1H. The first-order valence-corrected chi connectivity index (χ1v) is 10.2. The molecular formula is C20H31ClIN7. The van der Waals surface area contributed by atoms with E-state index in [4.69, 9.17) is 11.6 Å². The van der Waals surface area contributed by atoms with Gasteiger partial charge in [-0.25, -0.2) is 0 Å². The molecule has 1 aromatic carbocycles. The van der Waals surface area contributed by atoms with Crippen LogP contribution in [0.25, 0.3) is 0 Å². The Morgan fingerprint density at radius 2 is 1.97 bits per heavy atom. The van der Waals surface area contributed by atoms with Crippen LogP contribution in [0.4, 0.5) is 5.69 Å². The average molecular weight is 532 g/mol. The lowest BCUT2D eigenvalue weighted by Crippen LogP contribution is -2.45. The van der Waals surface area contributed by atoms with Gasteiger partial charge in [-0.3, -0.25) is 9.67 Å². The second-order valence-electron chi connectivity index (χ2n) is 7.00. The number of aromatic nitrogens is 2. The molecule has 29 heavy (non-hydrogen) atoms. The minimum absolute atomic E-state index is 0. The fourth-order valence-corrected chi connectivity index (χ4v) is 3.58. The smallest absolute Gasteiger partial charge is 0.191 e. The molecule has 0 unspecified atom stereocenters. The summed E-state index contributed by atoms with van der Waals surface area (Å²) in [6, 6.07) is 8.09. The summed E-state index contributed by atoms with van der Waals surface area (Å²) < 4.78 is 1.93. The molecule has 160 valence electrons. The summed E-state index contributed by atoms with van der Waals surface area (Å²) >= 11 is 6.54. The number of guanidine groups is 1. The number of piperazine rings is 1. The zero-order chi connectivity index (χ0) is 19.8. The highest BCUT2D eigenvalue weighted by molar-refractivity contribution is 14.0. The van der Waals surface area contributed by atoms with E-state index in [1.54, 1.807) is 13.2 Å². The fraction of sp³-hybridized carbons (Fsp3) is 0.500. The van der Waals surface area contributed by atoms with Crippen molar-refractivity contribution in [2.75, 3.05) is 51.7 Å². The van der Waals surface area contributed by atoms with Crippen LogP contribution in [0.1, 0.15) is 12.0 Å². The van der Waals surface area contributed by atoms with E-state index >= 15 is 0 Å². The van der Waals surface area contributed by atoms with Gasteiger partial charge in [0, 0.05) is 81.5 Å². The van der Waals surface area contributed by atoms with E-state index in [1.807, 2.05) is 29.1 Å². The minimum atomic E-state index is 0. The van der Waals surface area contributed by atoms with Crippen molar-refractivity contribution < 1.29 is 0 Å². The summed E-state index contributed by atoms with van der Waals surface area (Å²) in [6.07, 6.45) is 4.75. The van der Waals surface area contributed by atoms with Crippen LogP contribution in [0.3, 0.4) is 0 Å². The molecule has 2 heterocycles. The Hall–Kier alpha value is -1.52. The fourth-order valence-electron chi connectivity index (χ4n) is 3.34. The van der Waals surface area contributed by atoms with Crippen molar-refractivity contribution in [2.24, 2.45) is 4.99 Å². The lowest BCUT2D eigenvalue weighted by molar-refractivity contribution is 0.312. The molecule has 0 saturated carbocycles. The molecule has 1 aromatic heterocycles. The molecule has 9 heteroatoms. The Balaban J connectivity index is 0.00000300. The van der Waals surface area contributed by atoms with Crippen LogP contribution >= 0.6 is 35.6 Å². The number of halogens is 2. The summed E-state index contributed by atoms with van der Waals surface area (Å²) in [6.45, 7) is 6.52. The first-order valence-electron chi connectivity index (χ1n) is 9.80. The summed E-state index contributed by atoms with van der Waals surface area (Å²) in [7, 11) is 3.95. The number of nitrogens with one attached hydrogen (secondary N) is 2. The van der Waals surface area contributed by atoms with E-state index in [0.29, 0.717) is 6.54 Å². The minimum Gasteiger partial charge on any atom is -0.369 e. The second-order valence-corrected chi connectivity index (χ2v) is 7.41. The first kappa shape index (κ1) is 23.8. The molecule has 0 radical (unpaired) electrons. The van der Waals surface area contributed by atoms with Crippen molar-refractivity contribution in [1.29, 1.82) is 0 Å². The van der Waals surface area contributed by atoms with Crippen molar-refractivity contribution in [3.8, 4) is 0 Å². The number of anilines is 1. The third-order valence-corrected chi connectivity index (χ3v) is 5.36. The third-order valence-electron chi connectivity index (χ3n) is 5.01. The first-order chi connectivity index (χ1) is 13.7. The van der Waals surface area contributed by atoms with Crippen LogP contribution in [0.5, 0.6) is 0 Å². The maximum atomic E-state index is 6.54. The molecule has 0 amide bonds. The molecule has 1 aliphatic heterocycles. The normalized spacial score (nSPS) is 15.1. The zero-order valence-electron chi connectivity index (χ0n) is 17.1. The molecule has 0 atom stereocenters. The highest BCUT2D eigenvalue weighted by atomic mass is 127. The Bertz CT molecular complexity index is 758. The maximum absolute atomic E-state index is 6.54. The number of benzene rings is 1. The van der Waals surface area contributed by atoms with E-state index in [-0.39, 0.29) is 24.0 Å². The van der Waals surface area contributed by atoms with Gasteiger partial charge in [0.25, 0.3) is 0 Å². The number of hydrogen-bond donors (Lipinski definition) is 2. The Labute approximate surface area is 195 Å². The molecule has 0 aliphatic carbocycles. The number of aryl methyl sites for hydroxylation is 1. The van der Waals surface area contributed by atoms with Gasteiger partial charge in [0.05, 0.1) is 0 Å². The molecule has 3 rings (SSSR count). The van der Waals surface area contributed by atoms with Gasteiger partial charge in [-0.05, 0) is 31.7 Å². The van der Waals surface area contributed by atoms with E-state index in [9.17, 15) is 0 Å². The van der Waals surface area contributed by atoms with Gasteiger partial charge in [-0.1, -0.05) is 17.7 Å². The van der Waals surface area contributed by atoms with Crippen LogP contribution in [0.2, 0.25) is 5.02 Å². The average Bonchev–Trinajstić information content (AvgIpc) is 3.22. The summed E-state index contributed by atoms with van der Waals surface area (Å²) in [5.41, 5.74) is 2.33. The van der Waals surface area contributed by atoms with E-state index in [0.717, 1.165) is 62.2 Å². The summed E-state index contributed by atoms with van der Waals surface area (Å²) in [4.78, 5) is 9.10. The molecule has 2 N–H and O–H groups in total. The predicted molar refractivity (Wildman–Crippen MR) is 132 cm³/mol. The lowest BCUT2D eigenvalue weighted by Gasteiger charge is -2.35. The molecule has 0 spiro atoms. The van der Waals surface area contributed by atoms with Crippen molar-refractivity contribution >= 4 is 47.2 Å². The number of likely N-dealkylation sites (N-methyl/N-ethyl adjacent to an activating group) is 1. The van der Waals surface area contributed by atoms with Crippen molar-refractivity contribution in [1.82, 2.24) is 25.3 Å². The lowest BCUT2D eigenvalue weighted by atomic mass is 10.1. The molecule has 1 fully saturated rings. The van der Waals surface area contributed by atoms with E-state index < -0.39 is 0 Å². The quantitative estimate of drug-likeness (QED) is 0.249. The second kappa shape index (κ2) is 12.2. The Morgan fingerprint density at radius 3 is 2.66 bits per heavy atom. The highest BCUT2D eigenvalue weighted by Crippen LogP contribution is 2.28. The third kappa shape index (κ3) is 7.04. The monoisotopic (exact) mass is 531 g/mol. The van der Waals surface area contributed by atoms with E-state index in [1.165, 1.54) is 5.69 Å². The number of rotatable bonds is 7. The van der Waals surface area contributed by atoms with E-state index in [2.05, 4.69) is 43.6 Å². The van der Waals surface area contributed by atoms with Crippen LogP contribution in [0.15, 0.2) is 41.7 Å². The SMILES string of the molecule is CN=C(NCCCn1cccn1)NCc1c(Cl)cccc1N1CCN(C)CC1.I. The van der Waals surface area contributed by atoms with Crippen molar-refractivity contribution in [3.63, 3.8) is 0 Å². The predicted octanol–water partition coefficient (Wildman–Crippen LogP) is 2.66. The number of nitrogens with zero attached hydrogens (tertiary/aromatic N) is 5. The number of aliphatic imine (C=N–C) groups is 1. The van der Waals surface area contributed by atoms with Crippen molar-refractivity contribution in [2.45, 2.75) is 19.5 Å². The topological polar surface area (TPSA) is 60.7 Å². The maximum Gasteiger partial charge on any atom is 0.191 e.